The minimum atomic E-state index is -0.729. The molecule has 0 aromatic heterocycles. The number of hydrogen-bond donors (Lipinski definition) is 1. The van der Waals surface area contributed by atoms with E-state index in [0.29, 0.717) is 5.75 Å². The maximum Gasteiger partial charge on any atom is 0.125 e. The average Bonchev–Trinajstić information content (AvgIpc) is 2.38. The standard InChI is InChI=1S/C14H12Br2O2/c1-18-13-7-6-9(15)8-11(13)14(17)10-4-2-3-5-12(10)16/h2-8,14,17H,1H3. The summed E-state index contributed by atoms with van der Waals surface area (Å²) in [4.78, 5) is 0. The molecule has 18 heavy (non-hydrogen) atoms. The van der Waals surface area contributed by atoms with Crippen molar-refractivity contribution in [3.8, 4) is 5.75 Å². The number of benzene rings is 2. The SMILES string of the molecule is COc1ccc(Br)cc1C(O)c1ccccc1Br. The van der Waals surface area contributed by atoms with Crippen LogP contribution in [0.4, 0.5) is 0 Å². The Morgan fingerprint density at radius 3 is 2.44 bits per heavy atom. The Labute approximate surface area is 123 Å². The van der Waals surface area contributed by atoms with Gasteiger partial charge in [-0.05, 0) is 29.8 Å². The number of hydrogen-bond acceptors (Lipinski definition) is 2. The maximum absolute atomic E-state index is 10.5. The molecule has 0 fully saturated rings. The lowest BCUT2D eigenvalue weighted by Gasteiger charge is -2.16. The van der Waals surface area contributed by atoms with Gasteiger partial charge in [-0.3, -0.25) is 0 Å². The number of methoxy groups -OCH3 is 1. The number of ether oxygens (including phenoxy) is 1. The Morgan fingerprint density at radius 2 is 1.78 bits per heavy atom. The van der Waals surface area contributed by atoms with Crippen molar-refractivity contribution in [2.24, 2.45) is 0 Å². The van der Waals surface area contributed by atoms with Gasteiger partial charge in [0.25, 0.3) is 0 Å². The fourth-order valence-electron chi connectivity index (χ4n) is 1.78. The van der Waals surface area contributed by atoms with E-state index in [0.717, 1.165) is 20.1 Å². The first-order chi connectivity index (χ1) is 8.63. The zero-order chi connectivity index (χ0) is 13.1. The summed E-state index contributed by atoms with van der Waals surface area (Å²) in [6.07, 6.45) is -0.729. The van der Waals surface area contributed by atoms with Crippen LogP contribution < -0.4 is 4.74 Å². The molecule has 4 heteroatoms. The maximum atomic E-state index is 10.5. The van der Waals surface area contributed by atoms with Crippen LogP contribution in [0.5, 0.6) is 5.75 Å². The summed E-state index contributed by atoms with van der Waals surface area (Å²) in [5.41, 5.74) is 1.55. The molecule has 2 aromatic rings. The number of rotatable bonds is 3. The van der Waals surface area contributed by atoms with E-state index >= 15 is 0 Å². The highest BCUT2D eigenvalue weighted by Gasteiger charge is 2.17. The molecule has 0 bridgehead atoms. The molecule has 0 aliphatic heterocycles. The number of aliphatic hydroxyl groups is 1. The van der Waals surface area contributed by atoms with Crippen LogP contribution >= 0.6 is 31.9 Å². The summed E-state index contributed by atoms with van der Waals surface area (Å²) in [6, 6.07) is 13.2. The van der Waals surface area contributed by atoms with E-state index in [1.54, 1.807) is 7.11 Å². The molecule has 0 aliphatic rings. The number of halogens is 2. The van der Waals surface area contributed by atoms with E-state index in [-0.39, 0.29) is 0 Å². The molecule has 0 amide bonds. The van der Waals surface area contributed by atoms with E-state index in [2.05, 4.69) is 31.9 Å². The first kappa shape index (κ1) is 13.6. The third-order valence-electron chi connectivity index (χ3n) is 2.69. The predicted molar refractivity (Wildman–Crippen MR) is 78.9 cm³/mol. The van der Waals surface area contributed by atoms with E-state index in [1.165, 1.54) is 0 Å². The van der Waals surface area contributed by atoms with Crippen LogP contribution in [-0.2, 0) is 0 Å². The Hall–Kier alpha value is -0.840. The Morgan fingerprint density at radius 1 is 1.06 bits per heavy atom. The summed E-state index contributed by atoms with van der Waals surface area (Å²) in [5.74, 6) is 0.668. The van der Waals surface area contributed by atoms with Gasteiger partial charge in [0, 0.05) is 14.5 Å². The molecule has 0 aliphatic carbocycles. The van der Waals surface area contributed by atoms with Crippen molar-refractivity contribution in [2.75, 3.05) is 7.11 Å². The molecule has 0 saturated carbocycles. The highest BCUT2D eigenvalue weighted by atomic mass is 79.9. The van der Waals surface area contributed by atoms with Crippen LogP contribution in [-0.4, -0.2) is 12.2 Å². The second-order valence-corrected chi connectivity index (χ2v) is 5.58. The second-order valence-electron chi connectivity index (χ2n) is 3.81. The summed E-state index contributed by atoms with van der Waals surface area (Å²) < 4.78 is 7.07. The predicted octanol–water partition coefficient (Wildman–Crippen LogP) is 4.30. The summed E-state index contributed by atoms with van der Waals surface area (Å²) in [6.45, 7) is 0. The fraction of sp³-hybridized carbons (Fsp3) is 0.143. The molecule has 1 unspecified atom stereocenters. The van der Waals surface area contributed by atoms with Gasteiger partial charge in [-0.2, -0.15) is 0 Å². The largest absolute Gasteiger partial charge is 0.496 e. The minimum absolute atomic E-state index is 0.668. The summed E-state index contributed by atoms with van der Waals surface area (Å²) >= 11 is 6.85. The van der Waals surface area contributed by atoms with Crippen LogP contribution in [0.25, 0.3) is 0 Å². The zero-order valence-corrected chi connectivity index (χ0v) is 12.9. The van der Waals surface area contributed by atoms with Crippen molar-refractivity contribution >= 4 is 31.9 Å². The molecule has 0 spiro atoms. The zero-order valence-electron chi connectivity index (χ0n) is 9.73. The van der Waals surface area contributed by atoms with Crippen LogP contribution in [0.3, 0.4) is 0 Å². The number of aliphatic hydroxyl groups excluding tert-OH is 1. The third kappa shape index (κ3) is 2.76. The molecular formula is C14H12Br2O2. The van der Waals surface area contributed by atoms with E-state index in [1.807, 2.05) is 42.5 Å². The lowest BCUT2D eigenvalue weighted by molar-refractivity contribution is 0.214. The van der Waals surface area contributed by atoms with Crippen LogP contribution in [0.15, 0.2) is 51.4 Å². The quantitative estimate of drug-likeness (QED) is 0.871. The van der Waals surface area contributed by atoms with Crippen molar-refractivity contribution in [2.45, 2.75) is 6.10 Å². The van der Waals surface area contributed by atoms with Crippen molar-refractivity contribution in [1.29, 1.82) is 0 Å². The van der Waals surface area contributed by atoms with Crippen molar-refractivity contribution in [1.82, 2.24) is 0 Å². The molecule has 2 nitrogen and oxygen atoms in total. The molecule has 1 atom stereocenters. The van der Waals surface area contributed by atoms with Gasteiger partial charge in [0.15, 0.2) is 0 Å². The van der Waals surface area contributed by atoms with E-state index in [4.69, 9.17) is 4.74 Å². The second kappa shape index (κ2) is 5.87. The highest BCUT2D eigenvalue weighted by molar-refractivity contribution is 9.10. The van der Waals surface area contributed by atoms with Gasteiger partial charge in [-0.25, -0.2) is 0 Å². The monoisotopic (exact) mass is 370 g/mol. The highest BCUT2D eigenvalue weighted by Crippen LogP contribution is 2.35. The van der Waals surface area contributed by atoms with Crippen LogP contribution in [0.2, 0.25) is 0 Å². The van der Waals surface area contributed by atoms with Crippen molar-refractivity contribution in [3.63, 3.8) is 0 Å². The summed E-state index contributed by atoms with van der Waals surface area (Å²) in [7, 11) is 1.60. The third-order valence-corrected chi connectivity index (χ3v) is 3.90. The normalized spacial score (nSPS) is 12.2. The fourth-order valence-corrected chi connectivity index (χ4v) is 2.66. The van der Waals surface area contributed by atoms with E-state index in [9.17, 15) is 5.11 Å². The molecule has 1 N–H and O–H groups in total. The van der Waals surface area contributed by atoms with Crippen LogP contribution in [0, 0.1) is 0 Å². The minimum Gasteiger partial charge on any atom is -0.496 e. The van der Waals surface area contributed by atoms with Gasteiger partial charge in [0.2, 0.25) is 0 Å². The molecule has 0 radical (unpaired) electrons. The molecular weight excluding hydrogens is 360 g/mol. The topological polar surface area (TPSA) is 29.5 Å². The Kier molecular flexibility index (Phi) is 4.43. The van der Waals surface area contributed by atoms with Gasteiger partial charge in [-0.15, -0.1) is 0 Å². The molecule has 2 rings (SSSR count). The lowest BCUT2D eigenvalue weighted by atomic mass is 10.0. The van der Waals surface area contributed by atoms with Gasteiger partial charge in [0.1, 0.15) is 11.9 Å². The summed E-state index contributed by atoms with van der Waals surface area (Å²) in [5, 5.41) is 10.5. The van der Waals surface area contributed by atoms with Gasteiger partial charge < -0.3 is 9.84 Å². The van der Waals surface area contributed by atoms with Crippen molar-refractivity contribution in [3.05, 3.63) is 62.5 Å². The van der Waals surface area contributed by atoms with Crippen molar-refractivity contribution < 1.29 is 9.84 Å². The molecule has 94 valence electrons. The first-order valence-electron chi connectivity index (χ1n) is 5.39. The molecule has 2 aromatic carbocycles. The Bertz CT molecular complexity index is 555. The Balaban J connectivity index is 2.48. The van der Waals surface area contributed by atoms with E-state index < -0.39 is 6.10 Å². The smallest absolute Gasteiger partial charge is 0.125 e. The lowest BCUT2D eigenvalue weighted by Crippen LogP contribution is -2.03. The van der Waals surface area contributed by atoms with Crippen LogP contribution in [0.1, 0.15) is 17.2 Å². The van der Waals surface area contributed by atoms with Gasteiger partial charge in [-0.1, -0.05) is 50.1 Å². The van der Waals surface area contributed by atoms with Gasteiger partial charge in [0.05, 0.1) is 7.11 Å². The molecule has 0 saturated heterocycles. The molecule has 0 heterocycles. The first-order valence-corrected chi connectivity index (χ1v) is 6.98. The average molecular weight is 372 g/mol. The van der Waals surface area contributed by atoms with Gasteiger partial charge >= 0.3 is 0 Å².